The van der Waals surface area contributed by atoms with Crippen molar-refractivity contribution in [2.24, 2.45) is 0 Å². The van der Waals surface area contributed by atoms with Crippen LogP contribution in [0.2, 0.25) is 0 Å². The van der Waals surface area contributed by atoms with Crippen LogP contribution in [0.5, 0.6) is 5.75 Å². The normalized spacial score (nSPS) is 11.7. The van der Waals surface area contributed by atoms with E-state index in [0.29, 0.717) is 11.5 Å². The van der Waals surface area contributed by atoms with Crippen molar-refractivity contribution in [3.63, 3.8) is 0 Å². The van der Waals surface area contributed by atoms with Crippen LogP contribution in [0.4, 0.5) is 0 Å². The number of rotatable bonds is 6. The highest BCUT2D eigenvalue weighted by atomic mass is 16.5. The van der Waals surface area contributed by atoms with E-state index in [1.54, 1.807) is 7.11 Å². The Morgan fingerprint density at radius 3 is 1.84 bits per heavy atom. The number of aryl methyl sites for hydroxylation is 1. The lowest BCUT2D eigenvalue weighted by Gasteiger charge is -2.15. The Hall–Kier alpha value is -6.58. The zero-order valence-corrected chi connectivity index (χ0v) is 28.4. The molecule has 3 nitrogen and oxygen atoms in total. The lowest BCUT2D eigenvalue weighted by atomic mass is 9.89. The Bertz CT molecular complexity index is 2850. The molecule has 0 aliphatic heterocycles. The van der Waals surface area contributed by atoms with Crippen molar-refractivity contribution < 1.29 is 4.74 Å². The summed E-state index contributed by atoms with van der Waals surface area (Å²) in [5.74, 6) is 0.690. The number of nitrogens with zero attached hydrogens (tertiary/aromatic N) is 1. The molecule has 51 heavy (non-hydrogen) atoms. The molecule has 0 unspecified atom stereocenters. The number of hydrogen-bond donors (Lipinski definition) is 1. The summed E-state index contributed by atoms with van der Waals surface area (Å²) in [7, 11) is 1.63. The average molecular weight is 655 g/mol. The highest BCUT2D eigenvalue weighted by molar-refractivity contribution is 6.26. The summed E-state index contributed by atoms with van der Waals surface area (Å²) in [6.07, 6.45) is 3.83. The second-order valence-electron chi connectivity index (χ2n) is 13.1. The first-order valence-corrected chi connectivity index (χ1v) is 17.2. The number of methoxy groups -OCH3 is 1. The average Bonchev–Trinajstić information content (AvgIpc) is 3.20. The van der Waals surface area contributed by atoms with Gasteiger partial charge in [-0.15, -0.1) is 0 Å². The van der Waals surface area contributed by atoms with Gasteiger partial charge in [0.15, 0.2) is 0 Å². The van der Waals surface area contributed by atoms with Gasteiger partial charge in [0.2, 0.25) is 0 Å². The maximum absolute atomic E-state index is 8.68. The maximum Gasteiger partial charge on any atom is 0.128 e. The van der Waals surface area contributed by atoms with Crippen molar-refractivity contribution in [3.8, 4) is 28.1 Å². The molecule has 8 aromatic carbocycles. The third kappa shape index (κ3) is 5.14. The molecule has 0 aliphatic rings. The largest absolute Gasteiger partial charge is 0.496 e. The summed E-state index contributed by atoms with van der Waals surface area (Å²) >= 11 is 0. The topological polar surface area (TPSA) is 46.0 Å². The van der Waals surface area contributed by atoms with Gasteiger partial charge in [-0.2, -0.15) is 0 Å². The molecular formula is C48H34N2O. The minimum atomic E-state index is 0.396. The molecule has 1 heterocycles. The molecule has 3 heteroatoms. The number of nitrogens with one attached hydrogen (secondary N) is 1. The molecule has 242 valence electrons. The fourth-order valence-corrected chi connectivity index (χ4v) is 7.66. The van der Waals surface area contributed by atoms with E-state index in [1.807, 2.05) is 36.4 Å². The first-order chi connectivity index (χ1) is 25.1. The summed E-state index contributed by atoms with van der Waals surface area (Å²) in [4.78, 5) is 5.27. The number of pyridine rings is 1. The molecule has 0 saturated carbocycles. The van der Waals surface area contributed by atoms with E-state index in [0.717, 1.165) is 38.9 Å². The van der Waals surface area contributed by atoms with Crippen LogP contribution < -0.4 is 4.74 Å². The van der Waals surface area contributed by atoms with Gasteiger partial charge in [0.05, 0.1) is 24.0 Å². The van der Waals surface area contributed by atoms with Crippen LogP contribution in [0.15, 0.2) is 158 Å². The molecule has 9 aromatic rings. The Morgan fingerprint density at radius 1 is 0.569 bits per heavy atom. The van der Waals surface area contributed by atoms with Crippen molar-refractivity contribution >= 4 is 65.8 Å². The Morgan fingerprint density at radius 2 is 1.14 bits per heavy atom. The van der Waals surface area contributed by atoms with Crippen molar-refractivity contribution in [1.29, 1.82) is 5.41 Å². The predicted octanol–water partition coefficient (Wildman–Crippen LogP) is 12.6. The molecule has 0 fully saturated rings. The predicted molar refractivity (Wildman–Crippen MR) is 216 cm³/mol. The van der Waals surface area contributed by atoms with Gasteiger partial charge in [0.1, 0.15) is 5.75 Å². The fraction of sp³-hybridized carbons (Fsp3) is 0.0417. The lowest BCUT2D eigenvalue weighted by molar-refractivity contribution is 0.414. The van der Waals surface area contributed by atoms with E-state index in [-0.39, 0.29) is 0 Å². The van der Waals surface area contributed by atoms with Crippen LogP contribution in [0.3, 0.4) is 0 Å². The standard InChI is InChI=1S/C48H34N2O/c1-30-31(22-27-45(49)43-17-9-10-18-47(43)51-2)19-20-32-23-28-46(50-48(30)32)42-26-25-34(35-11-3-7-15-39(35)42)33-21-24-41-38-14-5-4-12-36(38)37-13-6-8-16-40(37)44(41)29-33/h3-29,49H,1-2H3/b27-22-,49-45?. The zero-order chi connectivity index (χ0) is 34.5. The van der Waals surface area contributed by atoms with E-state index in [2.05, 4.69) is 134 Å². The molecule has 0 saturated heterocycles. The van der Waals surface area contributed by atoms with Crippen LogP contribution in [0.25, 0.3) is 82.5 Å². The van der Waals surface area contributed by atoms with E-state index in [1.165, 1.54) is 54.2 Å². The molecule has 0 spiro atoms. The number of ether oxygens (including phenoxy) is 1. The SMILES string of the molecule is COc1ccccc1C(=N)/C=C\c1ccc2ccc(-c3ccc(-c4ccc5c6ccccc6c6ccccc6c5c4)c4ccccc34)nc2c1C. The third-order valence-corrected chi connectivity index (χ3v) is 10.2. The van der Waals surface area contributed by atoms with E-state index in [4.69, 9.17) is 15.1 Å². The molecule has 0 radical (unpaired) electrons. The van der Waals surface area contributed by atoms with Crippen LogP contribution in [-0.4, -0.2) is 17.8 Å². The molecule has 0 bridgehead atoms. The summed E-state index contributed by atoms with van der Waals surface area (Å²) in [5, 5.41) is 19.8. The lowest BCUT2D eigenvalue weighted by Crippen LogP contribution is -1.98. The highest BCUT2D eigenvalue weighted by Crippen LogP contribution is 2.40. The number of benzene rings is 8. The summed E-state index contributed by atoms with van der Waals surface area (Å²) in [5.41, 5.74) is 8.67. The fourth-order valence-electron chi connectivity index (χ4n) is 7.66. The van der Waals surface area contributed by atoms with Gasteiger partial charge in [0, 0.05) is 16.5 Å². The van der Waals surface area contributed by atoms with Gasteiger partial charge in [-0.1, -0.05) is 133 Å². The minimum Gasteiger partial charge on any atom is -0.496 e. The smallest absolute Gasteiger partial charge is 0.128 e. The number of aromatic nitrogens is 1. The van der Waals surface area contributed by atoms with Crippen LogP contribution in [0, 0.1) is 12.3 Å². The quantitative estimate of drug-likeness (QED) is 0.143. The van der Waals surface area contributed by atoms with Crippen molar-refractivity contribution in [2.75, 3.05) is 7.11 Å². The zero-order valence-electron chi connectivity index (χ0n) is 28.4. The van der Waals surface area contributed by atoms with Crippen LogP contribution in [-0.2, 0) is 0 Å². The molecule has 1 aromatic heterocycles. The van der Waals surface area contributed by atoms with Crippen LogP contribution >= 0.6 is 0 Å². The monoisotopic (exact) mass is 654 g/mol. The first kappa shape index (κ1) is 30.5. The number of fused-ring (bicyclic) bond motifs is 8. The summed E-state index contributed by atoms with van der Waals surface area (Å²) in [6.45, 7) is 2.11. The van der Waals surface area contributed by atoms with Gasteiger partial charge >= 0.3 is 0 Å². The summed E-state index contributed by atoms with van der Waals surface area (Å²) < 4.78 is 5.48. The van der Waals surface area contributed by atoms with E-state index in [9.17, 15) is 0 Å². The summed E-state index contributed by atoms with van der Waals surface area (Å²) in [6, 6.07) is 53.7. The number of para-hydroxylation sites is 1. The highest BCUT2D eigenvalue weighted by Gasteiger charge is 2.15. The van der Waals surface area contributed by atoms with Gasteiger partial charge in [0.25, 0.3) is 0 Å². The molecule has 0 atom stereocenters. The van der Waals surface area contributed by atoms with Crippen LogP contribution in [0.1, 0.15) is 16.7 Å². The molecular weight excluding hydrogens is 621 g/mol. The first-order valence-electron chi connectivity index (χ1n) is 17.2. The van der Waals surface area contributed by atoms with Crippen molar-refractivity contribution in [1.82, 2.24) is 4.98 Å². The maximum atomic E-state index is 8.68. The third-order valence-electron chi connectivity index (χ3n) is 10.2. The van der Waals surface area contributed by atoms with Gasteiger partial charge in [-0.3, -0.25) is 0 Å². The molecule has 0 aliphatic carbocycles. The van der Waals surface area contributed by atoms with Gasteiger partial charge < -0.3 is 10.1 Å². The number of hydrogen-bond acceptors (Lipinski definition) is 3. The second-order valence-corrected chi connectivity index (χ2v) is 13.1. The minimum absolute atomic E-state index is 0.396. The molecule has 9 rings (SSSR count). The van der Waals surface area contributed by atoms with Gasteiger partial charge in [-0.25, -0.2) is 4.98 Å². The Labute approximate surface area is 296 Å². The van der Waals surface area contributed by atoms with Crippen molar-refractivity contribution in [2.45, 2.75) is 6.92 Å². The van der Waals surface area contributed by atoms with Gasteiger partial charge in [-0.05, 0) is 103 Å². The van der Waals surface area contributed by atoms with Crippen molar-refractivity contribution in [3.05, 3.63) is 174 Å². The van der Waals surface area contributed by atoms with E-state index < -0.39 is 0 Å². The van der Waals surface area contributed by atoms with E-state index >= 15 is 0 Å². The molecule has 1 N–H and O–H groups in total. The Kier molecular flexibility index (Phi) is 7.40. The second kappa shape index (κ2) is 12.4. The Balaban J connectivity index is 1.14. The number of allylic oxidation sites excluding steroid dienone is 1. The molecule has 0 amide bonds.